The number of nitrogens with zero attached hydrogens (tertiary/aromatic N) is 2. The van der Waals surface area contributed by atoms with E-state index in [1.54, 1.807) is 51.1 Å². The van der Waals surface area contributed by atoms with Gasteiger partial charge < -0.3 is 25.0 Å². The number of carbonyl (C=O) groups excluding carboxylic acids is 5. The van der Waals surface area contributed by atoms with E-state index in [0.717, 1.165) is 6.42 Å². The largest absolute Gasteiger partial charge is 0.444 e. The number of hydrogen-bond acceptors (Lipinski definition) is 9. The van der Waals surface area contributed by atoms with Crippen LogP contribution in [0.1, 0.15) is 82.4 Å². The van der Waals surface area contributed by atoms with Gasteiger partial charge in [-0.3, -0.25) is 24.0 Å². The molecule has 5 amide bonds. The highest BCUT2D eigenvalue weighted by Gasteiger charge is 2.61. The molecule has 2 aromatic carbocycles. The minimum Gasteiger partial charge on any atom is -0.444 e. The predicted molar refractivity (Wildman–Crippen MR) is 203 cm³/mol. The van der Waals surface area contributed by atoms with Gasteiger partial charge in [0.25, 0.3) is 5.91 Å². The summed E-state index contributed by atoms with van der Waals surface area (Å²) in [6, 6.07) is 8.52. The van der Waals surface area contributed by atoms with E-state index in [1.807, 2.05) is 6.08 Å². The van der Waals surface area contributed by atoms with Crippen molar-refractivity contribution in [2.75, 3.05) is 6.54 Å². The standard InChI is InChI=1S/C39H47ClFN5O9S/c1-38(2,3)55-36(50)42-31-17-8-6-4-5-7-14-26-19-39(26,35(49)44-56(52,53)23-25-12-9-10-15-29(25)40)43-33(47)32-18-27(21-46(32)34(31)48)54-37(51)45-20-24-13-11-16-30(41)28(24)22-45/h7,9-16,26-27,31-32H,4-6,8,17-23H2,1-3H3,(H,42,50)(H,43,47)(H,44,49)/b14-7-/t26-,27-,31+,32+,39-/m1/s1. The zero-order chi connectivity index (χ0) is 40.4. The Morgan fingerprint density at radius 2 is 1.82 bits per heavy atom. The molecule has 3 heterocycles. The second kappa shape index (κ2) is 16.4. The van der Waals surface area contributed by atoms with Crippen molar-refractivity contribution in [3.05, 3.63) is 82.1 Å². The van der Waals surface area contributed by atoms with E-state index in [0.29, 0.717) is 30.4 Å². The number of benzene rings is 2. The lowest BCUT2D eigenvalue weighted by atomic mass is 10.0. The van der Waals surface area contributed by atoms with Crippen LogP contribution in [0.5, 0.6) is 0 Å². The third kappa shape index (κ3) is 9.63. The third-order valence-corrected chi connectivity index (χ3v) is 11.9. The smallest absolute Gasteiger partial charge is 0.410 e. The summed E-state index contributed by atoms with van der Waals surface area (Å²) in [6.45, 7) is 4.92. The number of ether oxygens (including phenoxy) is 2. The first-order valence-corrected chi connectivity index (χ1v) is 20.8. The molecule has 3 N–H and O–H groups in total. The summed E-state index contributed by atoms with van der Waals surface area (Å²) in [5, 5.41) is 5.64. The number of fused-ring (bicyclic) bond motifs is 3. The fourth-order valence-electron chi connectivity index (χ4n) is 7.43. The molecule has 302 valence electrons. The SMILES string of the molecule is CC(C)(C)OC(=O)N[C@H]1CCCCC/C=C\[C@@H]2C[C@@]2(C(=O)NS(=O)(=O)Cc2ccccc2Cl)NC(=O)[C@@H]2C[C@@H](OC(=O)N3Cc4cccc(F)c4C3)CN2C1=O. The van der Waals surface area contributed by atoms with Gasteiger partial charge in [-0.1, -0.05) is 66.9 Å². The van der Waals surface area contributed by atoms with Crippen molar-refractivity contribution in [1.29, 1.82) is 0 Å². The molecule has 6 rings (SSSR count). The first-order chi connectivity index (χ1) is 26.4. The van der Waals surface area contributed by atoms with Gasteiger partial charge in [0.15, 0.2) is 0 Å². The lowest BCUT2D eigenvalue weighted by Crippen LogP contribution is -2.58. The molecule has 2 fully saturated rings. The van der Waals surface area contributed by atoms with Crippen molar-refractivity contribution in [3.8, 4) is 0 Å². The molecule has 14 nitrogen and oxygen atoms in total. The summed E-state index contributed by atoms with van der Waals surface area (Å²) in [6.07, 6.45) is 3.83. The van der Waals surface area contributed by atoms with Crippen LogP contribution in [0.4, 0.5) is 14.0 Å². The van der Waals surface area contributed by atoms with Gasteiger partial charge in [-0.15, -0.1) is 0 Å². The van der Waals surface area contributed by atoms with Gasteiger partial charge in [-0.2, -0.15) is 0 Å². The minimum absolute atomic E-state index is 0.0199. The van der Waals surface area contributed by atoms with Gasteiger partial charge >= 0.3 is 12.2 Å². The van der Waals surface area contributed by atoms with Crippen molar-refractivity contribution in [3.63, 3.8) is 0 Å². The monoisotopic (exact) mass is 815 g/mol. The number of nitrogens with one attached hydrogen (secondary N) is 3. The van der Waals surface area contributed by atoms with E-state index in [1.165, 1.54) is 28.0 Å². The zero-order valence-corrected chi connectivity index (χ0v) is 33.1. The average molecular weight is 816 g/mol. The molecule has 0 bridgehead atoms. The van der Waals surface area contributed by atoms with E-state index in [-0.39, 0.29) is 49.5 Å². The van der Waals surface area contributed by atoms with Gasteiger partial charge in [0.1, 0.15) is 35.1 Å². The van der Waals surface area contributed by atoms with Crippen LogP contribution in [0.15, 0.2) is 54.6 Å². The first kappa shape index (κ1) is 40.9. The molecule has 56 heavy (non-hydrogen) atoms. The molecule has 4 aliphatic rings. The van der Waals surface area contributed by atoms with Crippen LogP contribution in [-0.2, 0) is 52.7 Å². The number of sulfonamides is 1. The molecule has 0 spiro atoms. The summed E-state index contributed by atoms with van der Waals surface area (Å²) < 4.78 is 54.3. The average Bonchev–Trinajstić information content (AvgIpc) is 3.40. The minimum atomic E-state index is -4.27. The van der Waals surface area contributed by atoms with E-state index in [9.17, 15) is 36.8 Å². The number of amides is 5. The second-order valence-electron chi connectivity index (χ2n) is 15.8. The van der Waals surface area contributed by atoms with Gasteiger partial charge in [0.2, 0.25) is 21.8 Å². The number of alkyl carbamates (subject to hydrolysis) is 1. The molecule has 5 atom stereocenters. The van der Waals surface area contributed by atoms with Crippen LogP contribution in [0.25, 0.3) is 0 Å². The van der Waals surface area contributed by atoms with Crippen LogP contribution < -0.4 is 15.4 Å². The second-order valence-corrected chi connectivity index (χ2v) is 17.9. The number of rotatable bonds is 6. The maximum Gasteiger partial charge on any atom is 0.410 e. The molecule has 2 aromatic rings. The Labute approximate surface area is 330 Å². The van der Waals surface area contributed by atoms with Gasteiger partial charge in [0, 0.05) is 29.5 Å². The van der Waals surface area contributed by atoms with Crippen molar-refractivity contribution in [1.82, 2.24) is 25.2 Å². The van der Waals surface area contributed by atoms with E-state index in [4.69, 9.17) is 21.1 Å². The van der Waals surface area contributed by atoms with Crippen molar-refractivity contribution < 1.29 is 46.3 Å². The van der Waals surface area contributed by atoms with Crippen molar-refractivity contribution in [2.24, 2.45) is 5.92 Å². The Bertz CT molecular complexity index is 2020. The van der Waals surface area contributed by atoms with Crippen LogP contribution in [0.3, 0.4) is 0 Å². The number of halogens is 2. The molecule has 3 aliphatic heterocycles. The molecule has 1 aliphatic carbocycles. The lowest BCUT2D eigenvalue weighted by Gasteiger charge is -2.30. The van der Waals surface area contributed by atoms with E-state index in [2.05, 4.69) is 15.4 Å². The molecular formula is C39H47ClFN5O9S. The highest BCUT2D eigenvalue weighted by Crippen LogP contribution is 2.46. The Balaban J connectivity index is 1.25. The molecule has 0 aromatic heterocycles. The molecule has 0 radical (unpaired) electrons. The maximum atomic E-state index is 14.5. The van der Waals surface area contributed by atoms with Gasteiger partial charge in [-0.05, 0) is 69.7 Å². The Hall–Kier alpha value is -4.70. The molecular weight excluding hydrogens is 769 g/mol. The van der Waals surface area contributed by atoms with Crippen LogP contribution in [-0.4, -0.2) is 84.0 Å². The highest BCUT2D eigenvalue weighted by atomic mass is 35.5. The maximum absolute atomic E-state index is 14.5. The fourth-order valence-corrected chi connectivity index (χ4v) is 8.91. The quantitative estimate of drug-likeness (QED) is 0.344. The molecule has 1 saturated heterocycles. The summed E-state index contributed by atoms with van der Waals surface area (Å²) in [5.41, 5.74) is -1.23. The van der Waals surface area contributed by atoms with Gasteiger partial charge in [0.05, 0.1) is 18.8 Å². The van der Waals surface area contributed by atoms with Crippen molar-refractivity contribution in [2.45, 2.75) is 114 Å². The molecule has 1 saturated carbocycles. The topological polar surface area (TPSA) is 181 Å². The van der Waals surface area contributed by atoms with Crippen molar-refractivity contribution >= 4 is 51.5 Å². The van der Waals surface area contributed by atoms with Crippen LogP contribution in [0.2, 0.25) is 5.02 Å². The third-order valence-electron chi connectivity index (χ3n) is 10.3. The Morgan fingerprint density at radius 1 is 1.05 bits per heavy atom. The summed E-state index contributed by atoms with van der Waals surface area (Å²) in [7, 11) is -4.27. The first-order valence-electron chi connectivity index (χ1n) is 18.7. The van der Waals surface area contributed by atoms with Crippen LogP contribution in [0, 0.1) is 11.7 Å². The summed E-state index contributed by atoms with van der Waals surface area (Å²) in [5.74, 6) is -3.91. The highest BCUT2D eigenvalue weighted by molar-refractivity contribution is 7.89. The molecule has 0 unspecified atom stereocenters. The lowest BCUT2D eigenvalue weighted by molar-refractivity contribution is -0.141. The Kier molecular flexibility index (Phi) is 12.0. The number of carbonyl (C=O) groups is 5. The predicted octanol–water partition coefficient (Wildman–Crippen LogP) is 4.84. The summed E-state index contributed by atoms with van der Waals surface area (Å²) in [4.78, 5) is 71.5. The van der Waals surface area contributed by atoms with E-state index >= 15 is 0 Å². The Morgan fingerprint density at radius 3 is 2.55 bits per heavy atom. The normalized spacial score (nSPS) is 26.0. The van der Waals surface area contributed by atoms with E-state index < -0.39 is 86.7 Å². The fraction of sp³-hybridized carbons (Fsp3) is 0.513. The number of allylic oxidation sites excluding steroid dienone is 1. The molecule has 17 heteroatoms. The summed E-state index contributed by atoms with van der Waals surface area (Å²) >= 11 is 6.19. The van der Waals surface area contributed by atoms with Crippen LogP contribution >= 0.6 is 11.6 Å². The number of hydrogen-bond donors (Lipinski definition) is 3. The van der Waals surface area contributed by atoms with Gasteiger partial charge in [-0.25, -0.2) is 22.4 Å². The zero-order valence-electron chi connectivity index (χ0n) is 31.5.